The fourth-order valence-corrected chi connectivity index (χ4v) is 3.13. The van der Waals surface area contributed by atoms with Crippen LogP contribution in [0.15, 0.2) is 30.6 Å². The van der Waals surface area contributed by atoms with Crippen LogP contribution < -0.4 is 0 Å². The number of aromatic nitrogens is 1. The molecule has 0 atom stereocenters. The molecule has 2 aromatic heterocycles. The number of thiophene rings is 1. The SMILES string of the molecule is Cc1cc(C(=O)CN(C)CCc2ccncc2)c(C)s1. The quantitative estimate of drug-likeness (QED) is 0.766. The molecule has 0 amide bonds. The summed E-state index contributed by atoms with van der Waals surface area (Å²) in [6, 6.07) is 6.03. The summed E-state index contributed by atoms with van der Waals surface area (Å²) >= 11 is 1.69. The van der Waals surface area contributed by atoms with Gasteiger partial charge in [0, 0.05) is 34.3 Å². The summed E-state index contributed by atoms with van der Waals surface area (Å²) in [6.07, 6.45) is 4.55. The third-order valence-corrected chi connectivity index (χ3v) is 4.25. The first kappa shape index (κ1) is 14.9. The van der Waals surface area contributed by atoms with Crippen LogP contribution in [-0.2, 0) is 6.42 Å². The van der Waals surface area contributed by atoms with E-state index in [-0.39, 0.29) is 5.78 Å². The van der Waals surface area contributed by atoms with Crippen molar-refractivity contribution in [3.63, 3.8) is 0 Å². The molecule has 0 fully saturated rings. The Hall–Kier alpha value is -1.52. The maximum absolute atomic E-state index is 12.3. The minimum Gasteiger partial charge on any atom is -0.299 e. The number of carbonyl (C=O) groups excluding carboxylic acids is 1. The number of rotatable bonds is 6. The van der Waals surface area contributed by atoms with Crippen LogP contribution in [0.5, 0.6) is 0 Å². The number of pyridine rings is 1. The van der Waals surface area contributed by atoms with Gasteiger partial charge in [-0.05, 0) is 51.1 Å². The highest BCUT2D eigenvalue weighted by Gasteiger charge is 2.13. The summed E-state index contributed by atoms with van der Waals surface area (Å²) in [4.78, 5) is 20.7. The van der Waals surface area contributed by atoms with E-state index in [1.165, 1.54) is 10.4 Å². The van der Waals surface area contributed by atoms with E-state index in [1.54, 1.807) is 23.7 Å². The van der Waals surface area contributed by atoms with E-state index < -0.39 is 0 Å². The molecule has 0 N–H and O–H groups in total. The first-order valence-electron chi connectivity index (χ1n) is 6.74. The predicted molar refractivity (Wildman–Crippen MR) is 83.6 cm³/mol. The summed E-state index contributed by atoms with van der Waals surface area (Å²) in [5, 5.41) is 0. The number of ketones is 1. The summed E-state index contributed by atoms with van der Waals surface area (Å²) < 4.78 is 0. The molecule has 0 spiro atoms. The van der Waals surface area contributed by atoms with Crippen molar-refractivity contribution in [1.82, 2.24) is 9.88 Å². The van der Waals surface area contributed by atoms with Gasteiger partial charge in [-0.15, -0.1) is 11.3 Å². The lowest BCUT2D eigenvalue weighted by Crippen LogP contribution is -2.28. The lowest BCUT2D eigenvalue weighted by atomic mass is 10.1. The van der Waals surface area contributed by atoms with Gasteiger partial charge in [-0.1, -0.05) is 0 Å². The molecule has 0 aliphatic carbocycles. The molecule has 0 aliphatic heterocycles. The number of carbonyl (C=O) groups is 1. The van der Waals surface area contributed by atoms with Crippen LogP contribution in [0.3, 0.4) is 0 Å². The van der Waals surface area contributed by atoms with Crippen molar-refractivity contribution < 1.29 is 4.79 Å². The number of hydrogen-bond donors (Lipinski definition) is 0. The zero-order valence-corrected chi connectivity index (χ0v) is 13.0. The Bertz CT molecular complexity index is 577. The second-order valence-electron chi connectivity index (χ2n) is 5.09. The van der Waals surface area contributed by atoms with Crippen LogP contribution in [0.4, 0.5) is 0 Å². The first-order valence-corrected chi connectivity index (χ1v) is 7.55. The molecule has 2 aromatic rings. The Labute approximate surface area is 124 Å². The summed E-state index contributed by atoms with van der Waals surface area (Å²) in [5.41, 5.74) is 2.13. The Morgan fingerprint density at radius 3 is 2.60 bits per heavy atom. The van der Waals surface area contributed by atoms with E-state index in [4.69, 9.17) is 0 Å². The Kier molecular flexibility index (Phi) is 5.04. The standard InChI is InChI=1S/C16H20N2OS/c1-12-10-15(13(2)20-12)16(19)11-18(3)9-6-14-4-7-17-8-5-14/h4-5,7-8,10H,6,9,11H2,1-3H3. The van der Waals surface area contributed by atoms with Crippen molar-refractivity contribution in [3.8, 4) is 0 Å². The van der Waals surface area contributed by atoms with Crippen molar-refractivity contribution >= 4 is 17.1 Å². The van der Waals surface area contributed by atoms with Crippen LogP contribution in [0.1, 0.15) is 25.7 Å². The smallest absolute Gasteiger partial charge is 0.177 e. The highest BCUT2D eigenvalue weighted by atomic mass is 32.1. The zero-order chi connectivity index (χ0) is 14.5. The second kappa shape index (κ2) is 6.77. The normalized spacial score (nSPS) is 11.0. The molecular formula is C16H20N2OS. The van der Waals surface area contributed by atoms with Gasteiger partial charge in [-0.2, -0.15) is 0 Å². The van der Waals surface area contributed by atoms with E-state index in [0.29, 0.717) is 6.54 Å². The van der Waals surface area contributed by atoms with Crippen LogP contribution in [0, 0.1) is 13.8 Å². The average Bonchev–Trinajstić information content (AvgIpc) is 2.77. The summed E-state index contributed by atoms with van der Waals surface area (Å²) in [5.74, 6) is 0.212. The number of Topliss-reactive ketones (excluding diaryl/α,β-unsaturated/α-hetero) is 1. The molecule has 2 rings (SSSR count). The van der Waals surface area contributed by atoms with E-state index in [1.807, 2.05) is 39.1 Å². The molecule has 0 unspecified atom stereocenters. The number of hydrogen-bond acceptors (Lipinski definition) is 4. The van der Waals surface area contributed by atoms with Crippen molar-refractivity contribution in [2.45, 2.75) is 20.3 Å². The maximum Gasteiger partial charge on any atom is 0.177 e. The highest BCUT2D eigenvalue weighted by Crippen LogP contribution is 2.21. The molecule has 0 saturated carbocycles. The van der Waals surface area contributed by atoms with Crippen molar-refractivity contribution in [3.05, 3.63) is 51.5 Å². The van der Waals surface area contributed by atoms with Gasteiger partial charge in [-0.25, -0.2) is 0 Å². The van der Waals surface area contributed by atoms with E-state index in [0.717, 1.165) is 23.4 Å². The molecule has 0 aliphatic rings. The molecule has 0 bridgehead atoms. The monoisotopic (exact) mass is 288 g/mol. The van der Waals surface area contributed by atoms with Gasteiger partial charge in [0.1, 0.15) is 0 Å². The minimum atomic E-state index is 0.212. The molecule has 0 saturated heterocycles. The van der Waals surface area contributed by atoms with Crippen LogP contribution in [0.25, 0.3) is 0 Å². The van der Waals surface area contributed by atoms with Gasteiger partial charge in [0.05, 0.1) is 6.54 Å². The fourth-order valence-electron chi connectivity index (χ4n) is 2.19. The predicted octanol–water partition coefficient (Wildman–Crippen LogP) is 3.12. The number of aryl methyl sites for hydroxylation is 2. The lowest BCUT2D eigenvalue weighted by molar-refractivity contribution is 0.0946. The largest absolute Gasteiger partial charge is 0.299 e. The molecule has 0 aromatic carbocycles. The molecule has 20 heavy (non-hydrogen) atoms. The van der Waals surface area contributed by atoms with Crippen LogP contribution in [-0.4, -0.2) is 35.8 Å². The third-order valence-electron chi connectivity index (χ3n) is 3.29. The topological polar surface area (TPSA) is 33.2 Å². The van der Waals surface area contributed by atoms with Crippen LogP contribution >= 0.6 is 11.3 Å². The van der Waals surface area contributed by atoms with Crippen molar-refractivity contribution in [1.29, 1.82) is 0 Å². The van der Waals surface area contributed by atoms with Crippen LogP contribution in [0.2, 0.25) is 0 Å². The van der Waals surface area contributed by atoms with Gasteiger partial charge in [0.15, 0.2) is 5.78 Å². The fraction of sp³-hybridized carbons (Fsp3) is 0.375. The van der Waals surface area contributed by atoms with E-state index in [9.17, 15) is 4.79 Å². The van der Waals surface area contributed by atoms with Gasteiger partial charge in [0.2, 0.25) is 0 Å². The van der Waals surface area contributed by atoms with E-state index in [2.05, 4.69) is 9.88 Å². The number of likely N-dealkylation sites (N-methyl/N-ethyl adjacent to an activating group) is 1. The van der Waals surface area contributed by atoms with Crippen molar-refractivity contribution in [2.75, 3.05) is 20.1 Å². The second-order valence-corrected chi connectivity index (χ2v) is 6.55. The van der Waals surface area contributed by atoms with Gasteiger partial charge in [0.25, 0.3) is 0 Å². The van der Waals surface area contributed by atoms with Crippen molar-refractivity contribution in [2.24, 2.45) is 0 Å². The summed E-state index contributed by atoms with van der Waals surface area (Å²) in [7, 11) is 1.99. The highest BCUT2D eigenvalue weighted by molar-refractivity contribution is 7.12. The third kappa shape index (κ3) is 3.99. The Morgan fingerprint density at radius 1 is 1.30 bits per heavy atom. The maximum atomic E-state index is 12.3. The Balaban J connectivity index is 1.87. The molecular weight excluding hydrogens is 268 g/mol. The molecule has 2 heterocycles. The number of nitrogens with zero attached hydrogens (tertiary/aromatic N) is 2. The molecule has 0 radical (unpaired) electrons. The molecule has 3 nitrogen and oxygen atoms in total. The lowest BCUT2D eigenvalue weighted by Gasteiger charge is -2.15. The molecule has 4 heteroatoms. The summed E-state index contributed by atoms with van der Waals surface area (Å²) in [6.45, 7) is 5.41. The van der Waals surface area contributed by atoms with Gasteiger partial charge in [-0.3, -0.25) is 14.7 Å². The first-order chi connectivity index (χ1) is 9.56. The van der Waals surface area contributed by atoms with E-state index >= 15 is 0 Å². The Morgan fingerprint density at radius 2 is 2.00 bits per heavy atom. The average molecular weight is 288 g/mol. The molecule has 106 valence electrons. The zero-order valence-electron chi connectivity index (χ0n) is 12.2. The minimum absolute atomic E-state index is 0.212. The van der Waals surface area contributed by atoms with Gasteiger partial charge >= 0.3 is 0 Å². The van der Waals surface area contributed by atoms with Gasteiger partial charge < -0.3 is 0 Å².